The van der Waals surface area contributed by atoms with Gasteiger partial charge in [0.25, 0.3) is 0 Å². The maximum absolute atomic E-state index is 5.35. The minimum Gasteiger partial charge on any atom is -0.378 e. The van der Waals surface area contributed by atoms with Crippen LogP contribution < -0.4 is 4.90 Å². The molecule has 0 saturated carbocycles. The summed E-state index contributed by atoms with van der Waals surface area (Å²) in [7, 11) is -1.31. The highest BCUT2D eigenvalue weighted by Gasteiger charge is 2.12. The van der Waals surface area contributed by atoms with Crippen LogP contribution in [0.1, 0.15) is 5.56 Å². The molecular formula is C14H20N2OSi. The van der Waals surface area contributed by atoms with E-state index in [0.717, 1.165) is 37.7 Å². The zero-order valence-electron chi connectivity index (χ0n) is 11.4. The molecular weight excluding hydrogens is 240 g/mol. The van der Waals surface area contributed by atoms with E-state index in [-0.39, 0.29) is 0 Å². The first-order chi connectivity index (χ1) is 8.54. The molecule has 0 bridgehead atoms. The van der Waals surface area contributed by atoms with Gasteiger partial charge in [-0.25, -0.2) is 4.98 Å². The van der Waals surface area contributed by atoms with Crippen molar-refractivity contribution >= 4 is 13.9 Å². The predicted octanol–water partition coefficient (Wildman–Crippen LogP) is 2.15. The molecule has 3 nitrogen and oxygen atoms in total. The summed E-state index contributed by atoms with van der Waals surface area (Å²) in [6, 6.07) is 4.07. The number of morpholine rings is 1. The van der Waals surface area contributed by atoms with Gasteiger partial charge in [0.05, 0.1) is 13.2 Å². The number of nitrogens with zero attached hydrogens (tertiary/aromatic N) is 2. The molecule has 0 unspecified atom stereocenters. The third-order valence-electron chi connectivity index (χ3n) is 2.66. The Hall–Kier alpha value is -1.31. The van der Waals surface area contributed by atoms with Crippen LogP contribution in [0, 0.1) is 11.5 Å². The molecule has 1 aromatic rings. The standard InChI is InChI=1S/C14H20N2OSi/c1-18(2,3)11-5-13-4-6-15-14(12-13)16-7-9-17-10-8-16/h4,6,12H,7-10H2,1-3H3. The van der Waals surface area contributed by atoms with Gasteiger partial charge in [-0.05, 0) is 12.1 Å². The van der Waals surface area contributed by atoms with E-state index in [1.165, 1.54) is 0 Å². The number of pyridine rings is 1. The molecule has 0 aliphatic carbocycles. The number of aromatic nitrogens is 1. The normalized spacial score (nSPS) is 16.1. The van der Waals surface area contributed by atoms with Crippen LogP contribution in [-0.2, 0) is 4.74 Å². The first kappa shape index (κ1) is 13.1. The van der Waals surface area contributed by atoms with Crippen molar-refractivity contribution in [3.05, 3.63) is 23.9 Å². The van der Waals surface area contributed by atoms with Gasteiger partial charge in [-0.15, -0.1) is 5.54 Å². The average molecular weight is 260 g/mol. The Kier molecular flexibility index (Phi) is 4.05. The Labute approximate surface area is 110 Å². The molecule has 1 aromatic heterocycles. The molecule has 1 saturated heterocycles. The van der Waals surface area contributed by atoms with Crippen LogP contribution in [0.2, 0.25) is 19.6 Å². The summed E-state index contributed by atoms with van der Waals surface area (Å²) < 4.78 is 5.35. The molecule has 1 fully saturated rings. The molecule has 96 valence electrons. The van der Waals surface area contributed by atoms with Gasteiger partial charge in [0.2, 0.25) is 0 Å². The first-order valence-corrected chi connectivity index (χ1v) is 9.86. The third-order valence-corrected chi connectivity index (χ3v) is 3.54. The molecule has 0 aromatic carbocycles. The molecule has 0 N–H and O–H groups in total. The van der Waals surface area contributed by atoms with Gasteiger partial charge in [-0.1, -0.05) is 25.6 Å². The predicted molar refractivity (Wildman–Crippen MR) is 77.5 cm³/mol. The molecule has 0 spiro atoms. The third kappa shape index (κ3) is 3.86. The number of ether oxygens (including phenoxy) is 1. The van der Waals surface area contributed by atoms with Gasteiger partial charge < -0.3 is 9.64 Å². The van der Waals surface area contributed by atoms with Crippen LogP contribution in [0.4, 0.5) is 5.82 Å². The van der Waals surface area contributed by atoms with Crippen molar-refractivity contribution in [1.82, 2.24) is 4.98 Å². The highest BCUT2D eigenvalue weighted by molar-refractivity contribution is 6.83. The second-order valence-electron chi connectivity index (χ2n) is 5.50. The van der Waals surface area contributed by atoms with E-state index < -0.39 is 8.07 Å². The van der Waals surface area contributed by atoms with Crippen molar-refractivity contribution in [3.63, 3.8) is 0 Å². The van der Waals surface area contributed by atoms with Crippen LogP contribution in [0.3, 0.4) is 0 Å². The fraction of sp³-hybridized carbons (Fsp3) is 0.500. The average Bonchev–Trinajstić information content (AvgIpc) is 2.37. The Bertz CT molecular complexity index is 465. The van der Waals surface area contributed by atoms with E-state index in [1.54, 1.807) is 0 Å². The van der Waals surface area contributed by atoms with E-state index in [1.807, 2.05) is 12.3 Å². The lowest BCUT2D eigenvalue weighted by Gasteiger charge is -2.27. The summed E-state index contributed by atoms with van der Waals surface area (Å²) in [6.07, 6.45) is 1.85. The quantitative estimate of drug-likeness (QED) is 0.571. The first-order valence-electron chi connectivity index (χ1n) is 6.36. The van der Waals surface area contributed by atoms with Gasteiger partial charge >= 0.3 is 0 Å². The van der Waals surface area contributed by atoms with E-state index in [4.69, 9.17) is 4.74 Å². The van der Waals surface area contributed by atoms with Crippen molar-refractivity contribution in [3.8, 4) is 11.5 Å². The largest absolute Gasteiger partial charge is 0.378 e. The Morgan fingerprint density at radius 3 is 2.67 bits per heavy atom. The van der Waals surface area contributed by atoms with Crippen molar-refractivity contribution in [1.29, 1.82) is 0 Å². The lowest BCUT2D eigenvalue weighted by molar-refractivity contribution is 0.122. The van der Waals surface area contributed by atoms with Crippen molar-refractivity contribution in [2.75, 3.05) is 31.2 Å². The molecule has 2 rings (SSSR count). The molecule has 0 radical (unpaired) electrons. The fourth-order valence-electron chi connectivity index (χ4n) is 1.72. The number of rotatable bonds is 1. The summed E-state index contributed by atoms with van der Waals surface area (Å²) >= 11 is 0. The topological polar surface area (TPSA) is 25.4 Å². The fourth-order valence-corrected chi connectivity index (χ4v) is 2.24. The van der Waals surface area contributed by atoms with Crippen molar-refractivity contribution in [2.45, 2.75) is 19.6 Å². The number of hydrogen-bond acceptors (Lipinski definition) is 3. The van der Waals surface area contributed by atoms with Gasteiger partial charge in [-0.2, -0.15) is 0 Å². The molecule has 1 aliphatic heterocycles. The van der Waals surface area contributed by atoms with Crippen molar-refractivity contribution < 1.29 is 4.74 Å². The summed E-state index contributed by atoms with van der Waals surface area (Å²) in [5, 5.41) is 0. The van der Waals surface area contributed by atoms with Crippen LogP contribution in [0.5, 0.6) is 0 Å². The summed E-state index contributed by atoms with van der Waals surface area (Å²) in [5.41, 5.74) is 4.45. The maximum atomic E-state index is 5.35. The minimum atomic E-state index is -1.31. The van der Waals surface area contributed by atoms with Gasteiger partial charge in [0, 0.05) is 24.8 Å². The highest BCUT2D eigenvalue weighted by Crippen LogP contribution is 2.13. The summed E-state index contributed by atoms with van der Waals surface area (Å²) in [4.78, 5) is 6.67. The Morgan fingerprint density at radius 1 is 1.28 bits per heavy atom. The lowest BCUT2D eigenvalue weighted by Crippen LogP contribution is -2.36. The van der Waals surface area contributed by atoms with Crippen LogP contribution in [0.15, 0.2) is 18.3 Å². The van der Waals surface area contributed by atoms with Crippen LogP contribution in [-0.4, -0.2) is 39.4 Å². The van der Waals surface area contributed by atoms with Crippen LogP contribution in [0.25, 0.3) is 0 Å². The molecule has 1 aliphatic rings. The number of hydrogen-bond donors (Lipinski definition) is 0. The van der Waals surface area contributed by atoms with Gasteiger partial charge in [-0.3, -0.25) is 0 Å². The Balaban J connectivity index is 2.16. The summed E-state index contributed by atoms with van der Waals surface area (Å²) in [5.74, 6) is 4.29. The Morgan fingerprint density at radius 2 is 2.00 bits per heavy atom. The van der Waals surface area contributed by atoms with Crippen LogP contribution >= 0.6 is 0 Å². The maximum Gasteiger partial charge on any atom is 0.129 e. The van der Waals surface area contributed by atoms with E-state index in [9.17, 15) is 0 Å². The number of anilines is 1. The van der Waals surface area contributed by atoms with Crippen molar-refractivity contribution in [2.24, 2.45) is 0 Å². The molecule has 0 atom stereocenters. The molecule has 4 heteroatoms. The second-order valence-corrected chi connectivity index (χ2v) is 10.3. The van der Waals surface area contributed by atoms with E-state index in [2.05, 4.69) is 47.1 Å². The zero-order valence-corrected chi connectivity index (χ0v) is 12.4. The van der Waals surface area contributed by atoms with E-state index in [0.29, 0.717) is 0 Å². The molecule has 0 amide bonds. The van der Waals surface area contributed by atoms with Gasteiger partial charge in [0.15, 0.2) is 0 Å². The smallest absolute Gasteiger partial charge is 0.129 e. The highest BCUT2D eigenvalue weighted by atomic mass is 28.3. The van der Waals surface area contributed by atoms with E-state index >= 15 is 0 Å². The lowest BCUT2D eigenvalue weighted by atomic mass is 10.2. The summed E-state index contributed by atoms with van der Waals surface area (Å²) in [6.45, 7) is 10.2. The van der Waals surface area contributed by atoms with Gasteiger partial charge in [0.1, 0.15) is 13.9 Å². The molecule has 2 heterocycles. The minimum absolute atomic E-state index is 0.784. The zero-order chi connectivity index (χ0) is 13.0. The second kappa shape index (κ2) is 5.55. The molecule has 18 heavy (non-hydrogen) atoms. The monoisotopic (exact) mass is 260 g/mol. The SMILES string of the molecule is C[Si](C)(C)C#Cc1ccnc(N2CCOCC2)c1.